The maximum Gasteiger partial charge on any atom is 0.152 e. The summed E-state index contributed by atoms with van der Waals surface area (Å²) in [6.07, 6.45) is 3.01. The predicted molar refractivity (Wildman–Crippen MR) is 103 cm³/mol. The molecule has 1 atom stereocenters. The van der Waals surface area contributed by atoms with E-state index in [1.807, 2.05) is 6.20 Å². The average molecular weight is 404 g/mol. The summed E-state index contributed by atoms with van der Waals surface area (Å²) in [6.45, 7) is 9.97. The van der Waals surface area contributed by atoms with E-state index in [1.165, 1.54) is 0 Å². The van der Waals surface area contributed by atoms with Crippen molar-refractivity contribution >= 4 is 9.84 Å². The predicted octanol–water partition coefficient (Wildman–Crippen LogP) is -0.0702. The van der Waals surface area contributed by atoms with Crippen LogP contribution in [-0.4, -0.2) is 91.9 Å². The summed E-state index contributed by atoms with van der Waals surface area (Å²) in [7, 11) is -2.85. The Balaban J connectivity index is 1.50. The topological polar surface area (TPSA) is 98.6 Å². The molecule has 0 aromatic carbocycles. The first-order valence-electron chi connectivity index (χ1n) is 9.69. The van der Waals surface area contributed by atoms with Crippen LogP contribution in [0.1, 0.15) is 26.0 Å². The third-order valence-electron chi connectivity index (χ3n) is 4.60. The van der Waals surface area contributed by atoms with Gasteiger partial charge in [0.2, 0.25) is 0 Å². The van der Waals surface area contributed by atoms with Gasteiger partial charge in [-0.2, -0.15) is 0 Å². The number of rotatable bonds is 13. The standard InChI is InChI=1S/C17H33N5O4S/c1-3-16(2)18-4-8-25-10-11-26-9-5-22-15-17(19-20-22)14-21-6-12-27(23,24)13-7-21/h15-16,18H,3-14H2,1-2H3. The molecule has 1 fully saturated rings. The highest BCUT2D eigenvalue weighted by Crippen LogP contribution is 2.07. The first-order chi connectivity index (χ1) is 13.0. The molecule has 1 unspecified atom stereocenters. The minimum atomic E-state index is -2.85. The van der Waals surface area contributed by atoms with Crippen molar-refractivity contribution < 1.29 is 17.9 Å². The van der Waals surface area contributed by atoms with Crippen LogP contribution in [0.15, 0.2) is 6.20 Å². The lowest BCUT2D eigenvalue weighted by Crippen LogP contribution is -2.39. The molecule has 27 heavy (non-hydrogen) atoms. The van der Waals surface area contributed by atoms with Gasteiger partial charge in [-0.25, -0.2) is 13.1 Å². The highest BCUT2D eigenvalue weighted by Gasteiger charge is 2.22. The van der Waals surface area contributed by atoms with Gasteiger partial charge in [-0.3, -0.25) is 4.90 Å². The Morgan fingerprint density at radius 2 is 1.89 bits per heavy atom. The normalized spacial score (nSPS) is 18.6. The summed E-state index contributed by atoms with van der Waals surface area (Å²) in [5.74, 6) is 0.454. The molecule has 0 spiro atoms. The van der Waals surface area contributed by atoms with Crippen molar-refractivity contribution in [3.05, 3.63) is 11.9 Å². The summed E-state index contributed by atoms with van der Waals surface area (Å²) >= 11 is 0. The Morgan fingerprint density at radius 3 is 2.59 bits per heavy atom. The molecule has 1 aliphatic rings. The first kappa shape index (κ1) is 22.2. The number of nitrogens with zero attached hydrogens (tertiary/aromatic N) is 4. The van der Waals surface area contributed by atoms with E-state index in [-0.39, 0.29) is 11.5 Å². The van der Waals surface area contributed by atoms with E-state index >= 15 is 0 Å². The molecule has 10 heteroatoms. The van der Waals surface area contributed by atoms with Gasteiger partial charge in [-0.05, 0) is 13.3 Å². The van der Waals surface area contributed by atoms with Crippen molar-refractivity contribution in [2.45, 2.75) is 39.4 Å². The molecule has 9 nitrogen and oxygen atoms in total. The summed E-state index contributed by atoms with van der Waals surface area (Å²) in [6, 6.07) is 0.528. The average Bonchev–Trinajstić information content (AvgIpc) is 3.09. The van der Waals surface area contributed by atoms with Gasteiger partial charge in [0, 0.05) is 38.4 Å². The van der Waals surface area contributed by atoms with Crippen LogP contribution < -0.4 is 5.32 Å². The Kier molecular flexibility index (Phi) is 9.63. The van der Waals surface area contributed by atoms with Gasteiger partial charge in [0.1, 0.15) is 0 Å². The van der Waals surface area contributed by atoms with Crippen molar-refractivity contribution in [3.63, 3.8) is 0 Å². The first-order valence-corrected chi connectivity index (χ1v) is 11.5. The van der Waals surface area contributed by atoms with E-state index < -0.39 is 9.84 Å². The lowest BCUT2D eigenvalue weighted by molar-refractivity contribution is 0.0444. The Hall–Kier alpha value is -1.07. The number of hydrogen-bond donors (Lipinski definition) is 1. The number of hydrogen-bond acceptors (Lipinski definition) is 8. The van der Waals surface area contributed by atoms with Crippen LogP contribution in [0, 0.1) is 0 Å². The number of sulfone groups is 1. The van der Waals surface area contributed by atoms with Crippen LogP contribution in [0.4, 0.5) is 0 Å². The number of nitrogens with one attached hydrogen (secondary N) is 1. The smallest absolute Gasteiger partial charge is 0.152 e. The molecular formula is C17H33N5O4S. The zero-order chi connectivity index (χ0) is 19.5. The second kappa shape index (κ2) is 11.7. The van der Waals surface area contributed by atoms with E-state index in [9.17, 15) is 8.42 Å². The minimum Gasteiger partial charge on any atom is -0.378 e. The van der Waals surface area contributed by atoms with Gasteiger partial charge >= 0.3 is 0 Å². The second-order valence-corrected chi connectivity index (χ2v) is 9.19. The fourth-order valence-corrected chi connectivity index (χ4v) is 3.94. The zero-order valence-electron chi connectivity index (χ0n) is 16.5. The molecule has 156 valence electrons. The quantitative estimate of drug-likeness (QED) is 0.457. The van der Waals surface area contributed by atoms with Gasteiger partial charge in [-0.1, -0.05) is 12.1 Å². The van der Waals surface area contributed by atoms with E-state index in [0.29, 0.717) is 58.6 Å². The van der Waals surface area contributed by atoms with Crippen LogP contribution in [0.25, 0.3) is 0 Å². The largest absolute Gasteiger partial charge is 0.378 e. The van der Waals surface area contributed by atoms with E-state index in [4.69, 9.17) is 9.47 Å². The fraction of sp³-hybridized carbons (Fsp3) is 0.882. The van der Waals surface area contributed by atoms with E-state index in [0.717, 1.165) is 18.7 Å². The molecule has 1 saturated heterocycles. The van der Waals surface area contributed by atoms with Crippen molar-refractivity contribution in [1.29, 1.82) is 0 Å². The highest BCUT2D eigenvalue weighted by molar-refractivity contribution is 7.91. The van der Waals surface area contributed by atoms with Crippen molar-refractivity contribution in [1.82, 2.24) is 25.2 Å². The second-order valence-electron chi connectivity index (χ2n) is 6.89. The van der Waals surface area contributed by atoms with Gasteiger partial charge in [0.05, 0.1) is 50.2 Å². The molecule has 0 aliphatic carbocycles. The van der Waals surface area contributed by atoms with Crippen LogP contribution in [0.3, 0.4) is 0 Å². The van der Waals surface area contributed by atoms with Crippen LogP contribution in [-0.2, 0) is 32.4 Å². The van der Waals surface area contributed by atoms with E-state index in [2.05, 4.69) is 34.4 Å². The van der Waals surface area contributed by atoms with Crippen molar-refractivity contribution in [3.8, 4) is 0 Å². The van der Waals surface area contributed by atoms with Crippen LogP contribution in [0.2, 0.25) is 0 Å². The molecule has 2 rings (SSSR count). The Morgan fingerprint density at radius 1 is 1.19 bits per heavy atom. The van der Waals surface area contributed by atoms with Gasteiger partial charge in [-0.15, -0.1) is 5.10 Å². The van der Waals surface area contributed by atoms with Crippen LogP contribution in [0.5, 0.6) is 0 Å². The monoisotopic (exact) mass is 403 g/mol. The molecule has 0 saturated carbocycles. The fourth-order valence-electron chi connectivity index (χ4n) is 2.66. The lowest BCUT2D eigenvalue weighted by Gasteiger charge is -2.25. The molecule has 1 aromatic rings. The summed E-state index contributed by atoms with van der Waals surface area (Å²) in [4.78, 5) is 2.10. The molecule has 1 N–H and O–H groups in total. The molecule has 2 heterocycles. The number of ether oxygens (including phenoxy) is 2. The van der Waals surface area contributed by atoms with Gasteiger partial charge in [0.25, 0.3) is 0 Å². The van der Waals surface area contributed by atoms with Crippen molar-refractivity contribution in [2.24, 2.45) is 0 Å². The SMILES string of the molecule is CCC(C)NCCOCCOCCn1cc(CN2CCS(=O)(=O)CC2)nn1. The summed E-state index contributed by atoms with van der Waals surface area (Å²) in [5, 5.41) is 11.6. The molecular weight excluding hydrogens is 370 g/mol. The van der Waals surface area contributed by atoms with Gasteiger partial charge < -0.3 is 14.8 Å². The minimum absolute atomic E-state index is 0.227. The number of aromatic nitrogens is 3. The molecule has 0 bridgehead atoms. The summed E-state index contributed by atoms with van der Waals surface area (Å²) < 4.78 is 35.7. The molecule has 1 aliphatic heterocycles. The Bertz CT molecular complexity index is 623. The molecule has 0 amide bonds. The maximum atomic E-state index is 11.5. The van der Waals surface area contributed by atoms with E-state index in [1.54, 1.807) is 4.68 Å². The van der Waals surface area contributed by atoms with Gasteiger partial charge in [0.15, 0.2) is 9.84 Å². The third kappa shape index (κ3) is 9.11. The highest BCUT2D eigenvalue weighted by atomic mass is 32.2. The maximum absolute atomic E-state index is 11.5. The summed E-state index contributed by atoms with van der Waals surface area (Å²) in [5.41, 5.74) is 0.853. The zero-order valence-corrected chi connectivity index (χ0v) is 17.3. The Labute approximate surface area is 162 Å². The molecule has 1 aromatic heterocycles. The molecule has 0 radical (unpaired) electrons. The van der Waals surface area contributed by atoms with Crippen LogP contribution >= 0.6 is 0 Å². The van der Waals surface area contributed by atoms with Crippen molar-refractivity contribution in [2.75, 3.05) is 57.6 Å². The third-order valence-corrected chi connectivity index (χ3v) is 6.21. The lowest BCUT2D eigenvalue weighted by atomic mass is 10.3.